The molecule has 6 nitrogen and oxygen atoms in total. The van der Waals surface area contributed by atoms with Crippen LogP contribution in [0.25, 0.3) is 0 Å². The van der Waals surface area contributed by atoms with Gasteiger partial charge in [0.1, 0.15) is 11.4 Å². The lowest BCUT2D eigenvalue weighted by Crippen LogP contribution is -2.28. The molecule has 1 heterocycles. The van der Waals surface area contributed by atoms with Gasteiger partial charge in [0.05, 0.1) is 18.5 Å². The van der Waals surface area contributed by atoms with Gasteiger partial charge < -0.3 is 20.7 Å². The summed E-state index contributed by atoms with van der Waals surface area (Å²) < 4.78 is 18.4. The van der Waals surface area contributed by atoms with Gasteiger partial charge in [-0.3, -0.25) is 9.36 Å². The first-order valence-corrected chi connectivity index (χ1v) is 9.43. The van der Waals surface area contributed by atoms with Crippen molar-refractivity contribution in [3.05, 3.63) is 70.2 Å². The molecule has 0 saturated heterocycles. The highest BCUT2D eigenvalue weighted by Crippen LogP contribution is 2.56. The lowest BCUT2D eigenvalue weighted by molar-refractivity contribution is -0.114. The van der Waals surface area contributed by atoms with Gasteiger partial charge in [-0.2, -0.15) is 0 Å². The van der Waals surface area contributed by atoms with E-state index < -0.39 is 19.3 Å². The standard InChI is InChI=1S/C17H16ClN2O4P/c1-24-11-5-7-12(8-6-11)25(22,23)16-13-9-10(18)3-2-4-14(13)20-15(16)17(19)21/h2-9,14,20H,1H3,(H2,19,21)(H,22,23). The Morgan fingerprint density at radius 3 is 2.64 bits per heavy atom. The quantitative estimate of drug-likeness (QED) is 0.694. The third kappa shape index (κ3) is 3.16. The van der Waals surface area contributed by atoms with Crippen LogP contribution in [0, 0.1) is 0 Å². The number of benzene rings is 1. The van der Waals surface area contributed by atoms with Gasteiger partial charge in [-0.05, 0) is 42.0 Å². The highest BCUT2D eigenvalue weighted by molar-refractivity contribution is 7.70. The zero-order valence-corrected chi connectivity index (χ0v) is 14.9. The molecule has 0 radical (unpaired) electrons. The first kappa shape index (κ1) is 17.5. The fraction of sp³-hybridized carbons (Fsp3) is 0.118. The summed E-state index contributed by atoms with van der Waals surface area (Å²) in [6, 6.07) is 5.68. The van der Waals surface area contributed by atoms with E-state index in [1.807, 2.05) is 0 Å². The first-order chi connectivity index (χ1) is 11.8. The minimum Gasteiger partial charge on any atom is -0.497 e. The number of fused-ring (bicyclic) bond motifs is 1. The second kappa shape index (κ2) is 6.56. The molecule has 25 heavy (non-hydrogen) atoms. The van der Waals surface area contributed by atoms with E-state index in [0.717, 1.165) is 0 Å². The van der Waals surface area contributed by atoms with E-state index in [1.165, 1.54) is 19.2 Å². The van der Waals surface area contributed by atoms with Crippen molar-refractivity contribution in [2.24, 2.45) is 5.73 Å². The monoisotopic (exact) mass is 378 g/mol. The highest BCUT2D eigenvalue weighted by Gasteiger charge is 2.41. The van der Waals surface area contributed by atoms with Crippen molar-refractivity contribution in [1.82, 2.24) is 5.32 Å². The number of halogens is 1. The number of hydrogen-bond acceptors (Lipinski definition) is 4. The molecule has 2 unspecified atom stereocenters. The number of ether oxygens (including phenoxy) is 1. The van der Waals surface area contributed by atoms with Gasteiger partial charge in [-0.15, -0.1) is 0 Å². The third-order valence-electron chi connectivity index (χ3n) is 3.97. The van der Waals surface area contributed by atoms with Crippen LogP contribution in [0.3, 0.4) is 0 Å². The Morgan fingerprint density at radius 2 is 2.04 bits per heavy atom. The smallest absolute Gasteiger partial charge is 0.265 e. The molecular weight excluding hydrogens is 363 g/mol. The average molecular weight is 379 g/mol. The van der Waals surface area contributed by atoms with Crippen molar-refractivity contribution in [2.45, 2.75) is 6.04 Å². The number of rotatable bonds is 4. The number of primary amides is 1. The summed E-state index contributed by atoms with van der Waals surface area (Å²) in [4.78, 5) is 22.7. The van der Waals surface area contributed by atoms with E-state index in [2.05, 4.69) is 5.32 Å². The van der Waals surface area contributed by atoms with E-state index in [9.17, 15) is 14.3 Å². The average Bonchev–Trinajstić information content (AvgIpc) is 2.84. The molecule has 1 aromatic carbocycles. The van der Waals surface area contributed by atoms with Gasteiger partial charge in [-0.25, -0.2) is 0 Å². The van der Waals surface area contributed by atoms with Crippen LogP contribution in [0.1, 0.15) is 0 Å². The topological polar surface area (TPSA) is 102 Å². The molecule has 8 heteroatoms. The molecule has 130 valence electrons. The lowest BCUT2D eigenvalue weighted by atomic mass is 10.1. The summed E-state index contributed by atoms with van der Waals surface area (Å²) >= 11 is 6.10. The number of hydrogen-bond donors (Lipinski definition) is 3. The predicted octanol–water partition coefficient (Wildman–Crippen LogP) is 1.88. The number of amides is 1. The normalized spacial score (nSPS) is 21.5. The summed E-state index contributed by atoms with van der Waals surface area (Å²) in [5, 5.41) is 3.43. The Balaban J connectivity index is 2.17. The van der Waals surface area contributed by atoms with E-state index in [-0.39, 0.29) is 16.3 Å². The van der Waals surface area contributed by atoms with Crippen LogP contribution < -0.4 is 21.1 Å². The summed E-state index contributed by atoms with van der Waals surface area (Å²) in [5.74, 6) is -0.252. The molecule has 1 amide bonds. The number of nitrogens with two attached hydrogens (primary N) is 1. The van der Waals surface area contributed by atoms with Crippen LogP contribution in [-0.2, 0) is 9.36 Å². The minimum absolute atomic E-state index is 0.0201. The van der Waals surface area contributed by atoms with Gasteiger partial charge in [0.2, 0.25) is 0 Å². The zero-order chi connectivity index (χ0) is 18.2. The number of carbonyl (C=O) groups is 1. The van der Waals surface area contributed by atoms with E-state index in [0.29, 0.717) is 16.4 Å². The largest absolute Gasteiger partial charge is 0.497 e. The van der Waals surface area contributed by atoms with Crippen molar-refractivity contribution in [2.75, 3.05) is 7.11 Å². The summed E-state index contributed by atoms with van der Waals surface area (Å²) in [6.07, 6.45) is 6.68. The third-order valence-corrected chi connectivity index (χ3v) is 6.29. The van der Waals surface area contributed by atoms with Crippen LogP contribution in [-0.4, -0.2) is 24.0 Å². The Labute approximate surface area is 149 Å². The molecule has 1 aliphatic carbocycles. The molecular formula is C17H16ClN2O4P. The molecule has 1 aromatic rings. The van der Waals surface area contributed by atoms with Gasteiger partial charge >= 0.3 is 0 Å². The van der Waals surface area contributed by atoms with Crippen LogP contribution in [0.5, 0.6) is 5.75 Å². The molecule has 3 rings (SSSR count). The molecule has 2 aliphatic rings. The zero-order valence-electron chi connectivity index (χ0n) is 13.3. The Kier molecular flexibility index (Phi) is 4.60. The number of nitrogens with one attached hydrogen (secondary N) is 1. The van der Waals surface area contributed by atoms with E-state index >= 15 is 0 Å². The van der Waals surface area contributed by atoms with Crippen molar-refractivity contribution in [3.63, 3.8) is 0 Å². The maximum absolute atomic E-state index is 13.3. The maximum atomic E-state index is 13.3. The van der Waals surface area contributed by atoms with Gasteiger partial charge in [-0.1, -0.05) is 23.8 Å². The molecule has 0 saturated carbocycles. The van der Waals surface area contributed by atoms with Crippen LogP contribution >= 0.6 is 19.0 Å². The van der Waals surface area contributed by atoms with E-state index in [4.69, 9.17) is 22.1 Å². The second-order valence-corrected chi connectivity index (χ2v) is 8.07. The lowest BCUT2D eigenvalue weighted by Gasteiger charge is -2.16. The summed E-state index contributed by atoms with van der Waals surface area (Å²) in [5.41, 5.74) is 5.80. The molecule has 0 aromatic heterocycles. The van der Waals surface area contributed by atoms with Crippen LogP contribution in [0.4, 0.5) is 0 Å². The van der Waals surface area contributed by atoms with Crippen molar-refractivity contribution >= 4 is 30.2 Å². The summed E-state index contributed by atoms with van der Waals surface area (Å²) in [7, 11) is -2.59. The van der Waals surface area contributed by atoms with Gasteiger partial charge in [0.15, 0.2) is 0 Å². The van der Waals surface area contributed by atoms with Gasteiger partial charge in [0.25, 0.3) is 13.3 Å². The Hall–Kier alpha value is -2.27. The first-order valence-electron chi connectivity index (χ1n) is 7.39. The molecule has 0 bridgehead atoms. The maximum Gasteiger partial charge on any atom is 0.265 e. The number of allylic oxidation sites excluding steroid dienone is 4. The fourth-order valence-corrected chi connectivity index (χ4v) is 4.82. The molecule has 0 spiro atoms. The fourth-order valence-electron chi connectivity index (χ4n) is 2.79. The number of methoxy groups -OCH3 is 1. The van der Waals surface area contributed by atoms with Crippen LogP contribution in [0.15, 0.2) is 70.2 Å². The van der Waals surface area contributed by atoms with E-state index in [1.54, 1.807) is 36.4 Å². The van der Waals surface area contributed by atoms with Crippen molar-refractivity contribution < 1.29 is 19.0 Å². The molecule has 1 aliphatic heterocycles. The number of carbonyl (C=O) groups excluding carboxylic acids is 1. The van der Waals surface area contributed by atoms with Crippen LogP contribution in [0.2, 0.25) is 0 Å². The highest BCUT2D eigenvalue weighted by atomic mass is 35.5. The SMILES string of the molecule is COc1ccc(P(=O)(O)C2=C(C(N)=O)NC3C=CC=C(Cl)C=C23)cc1. The molecule has 0 fully saturated rings. The molecule has 4 N–H and O–H groups in total. The second-order valence-electron chi connectivity index (χ2n) is 5.52. The Bertz CT molecular complexity index is 900. The van der Waals surface area contributed by atoms with Crippen molar-refractivity contribution in [1.29, 1.82) is 0 Å². The summed E-state index contributed by atoms with van der Waals surface area (Å²) in [6.45, 7) is 0. The minimum atomic E-state index is -4.10. The Morgan fingerprint density at radius 1 is 1.36 bits per heavy atom. The van der Waals surface area contributed by atoms with Gasteiger partial charge in [0, 0.05) is 10.3 Å². The molecule has 2 atom stereocenters. The van der Waals surface area contributed by atoms with Crippen molar-refractivity contribution in [3.8, 4) is 5.75 Å². The predicted molar refractivity (Wildman–Crippen MR) is 96.8 cm³/mol.